The lowest BCUT2D eigenvalue weighted by atomic mass is 10.1. The Hall–Kier alpha value is -2.36. The standard InChI is InChI=1S/C18H20FNO2/c1-13-5-3-4-6-15(13)9-10-20-18(21)12-14-7-8-17(22-2)16(19)11-14/h3-8,11H,9-10,12H2,1-2H3,(H,20,21). The van der Waals surface area contributed by atoms with E-state index in [2.05, 4.69) is 24.4 Å². The predicted molar refractivity (Wildman–Crippen MR) is 84.5 cm³/mol. The first-order valence-electron chi connectivity index (χ1n) is 7.24. The lowest BCUT2D eigenvalue weighted by Gasteiger charge is -2.08. The zero-order valence-corrected chi connectivity index (χ0v) is 12.9. The van der Waals surface area contributed by atoms with Crippen LogP contribution in [-0.2, 0) is 17.6 Å². The summed E-state index contributed by atoms with van der Waals surface area (Å²) in [6.07, 6.45) is 0.948. The fourth-order valence-electron chi connectivity index (χ4n) is 2.29. The fourth-order valence-corrected chi connectivity index (χ4v) is 2.29. The second-order valence-corrected chi connectivity index (χ2v) is 5.17. The van der Waals surface area contributed by atoms with E-state index < -0.39 is 5.82 Å². The van der Waals surface area contributed by atoms with E-state index >= 15 is 0 Å². The van der Waals surface area contributed by atoms with Crippen LogP contribution in [0.4, 0.5) is 4.39 Å². The van der Waals surface area contributed by atoms with Crippen molar-refractivity contribution in [2.24, 2.45) is 0 Å². The number of halogens is 1. The van der Waals surface area contributed by atoms with Crippen molar-refractivity contribution in [3.8, 4) is 5.75 Å². The summed E-state index contributed by atoms with van der Waals surface area (Å²) in [5, 5.41) is 2.86. The van der Waals surface area contributed by atoms with Crippen LogP contribution in [-0.4, -0.2) is 19.6 Å². The van der Waals surface area contributed by atoms with Gasteiger partial charge in [-0.15, -0.1) is 0 Å². The van der Waals surface area contributed by atoms with E-state index in [9.17, 15) is 9.18 Å². The van der Waals surface area contributed by atoms with Gasteiger partial charge in [0, 0.05) is 6.54 Å². The summed E-state index contributed by atoms with van der Waals surface area (Å²) in [6.45, 7) is 2.62. The Morgan fingerprint density at radius 1 is 1.23 bits per heavy atom. The van der Waals surface area contributed by atoms with Gasteiger partial charge < -0.3 is 10.1 Å². The molecule has 0 saturated heterocycles. The van der Waals surface area contributed by atoms with Gasteiger partial charge >= 0.3 is 0 Å². The number of carbonyl (C=O) groups excluding carboxylic acids is 1. The van der Waals surface area contributed by atoms with Crippen molar-refractivity contribution < 1.29 is 13.9 Å². The first-order valence-corrected chi connectivity index (χ1v) is 7.24. The Bertz CT molecular complexity index is 655. The molecule has 3 nitrogen and oxygen atoms in total. The third kappa shape index (κ3) is 4.32. The van der Waals surface area contributed by atoms with Crippen LogP contribution in [0, 0.1) is 12.7 Å². The van der Waals surface area contributed by atoms with Gasteiger partial charge in [-0.1, -0.05) is 30.3 Å². The average Bonchev–Trinajstić information content (AvgIpc) is 2.49. The summed E-state index contributed by atoms with van der Waals surface area (Å²) in [6, 6.07) is 12.7. The van der Waals surface area contributed by atoms with Gasteiger partial charge in [0.15, 0.2) is 11.6 Å². The van der Waals surface area contributed by atoms with E-state index in [0.29, 0.717) is 12.1 Å². The van der Waals surface area contributed by atoms with Crippen molar-refractivity contribution in [1.29, 1.82) is 0 Å². The number of hydrogen-bond acceptors (Lipinski definition) is 2. The van der Waals surface area contributed by atoms with E-state index in [0.717, 1.165) is 6.42 Å². The summed E-state index contributed by atoms with van der Waals surface area (Å²) >= 11 is 0. The second-order valence-electron chi connectivity index (χ2n) is 5.17. The van der Waals surface area contributed by atoms with Crippen LogP contribution in [0.25, 0.3) is 0 Å². The summed E-state index contributed by atoms with van der Waals surface area (Å²) in [5.41, 5.74) is 3.07. The molecule has 4 heteroatoms. The highest BCUT2D eigenvalue weighted by Crippen LogP contribution is 2.17. The lowest BCUT2D eigenvalue weighted by Crippen LogP contribution is -2.27. The van der Waals surface area contributed by atoms with E-state index in [4.69, 9.17) is 4.74 Å². The molecular formula is C18H20FNO2. The maximum absolute atomic E-state index is 13.6. The van der Waals surface area contributed by atoms with Gasteiger partial charge in [0.05, 0.1) is 13.5 Å². The van der Waals surface area contributed by atoms with Gasteiger partial charge in [-0.25, -0.2) is 4.39 Å². The van der Waals surface area contributed by atoms with E-state index in [1.54, 1.807) is 6.07 Å². The highest BCUT2D eigenvalue weighted by Gasteiger charge is 2.07. The van der Waals surface area contributed by atoms with Crippen molar-refractivity contribution in [1.82, 2.24) is 5.32 Å². The zero-order valence-electron chi connectivity index (χ0n) is 12.9. The van der Waals surface area contributed by atoms with Gasteiger partial charge in [-0.2, -0.15) is 0 Å². The summed E-state index contributed by atoms with van der Waals surface area (Å²) in [5.74, 6) is -0.380. The Morgan fingerprint density at radius 2 is 2.00 bits per heavy atom. The molecule has 0 fully saturated rings. The minimum Gasteiger partial charge on any atom is -0.494 e. The normalized spacial score (nSPS) is 10.3. The van der Waals surface area contributed by atoms with Crippen molar-refractivity contribution >= 4 is 5.91 Å². The minimum atomic E-state index is -0.451. The van der Waals surface area contributed by atoms with Crippen molar-refractivity contribution in [2.75, 3.05) is 13.7 Å². The van der Waals surface area contributed by atoms with E-state index in [-0.39, 0.29) is 18.1 Å². The highest BCUT2D eigenvalue weighted by atomic mass is 19.1. The van der Waals surface area contributed by atoms with Crippen LogP contribution in [0.1, 0.15) is 16.7 Å². The molecule has 0 spiro atoms. The smallest absolute Gasteiger partial charge is 0.224 e. The molecule has 2 aromatic rings. The van der Waals surface area contributed by atoms with Crippen molar-refractivity contribution in [3.63, 3.8) is 0 Å². The Morgan fingerprint density at radius 3 is 2.68 bits per heavy atom. The van der Waals surface area contributed by atoms with Crippen LogP contribution in [0.3, 0.4) is 0 Å². The van der Waals surface area contributed by atoms with Crippen LogP contribution in [0.15, 0.2) is 42.5 Å². The van der Waals surface area contributed by atoms with Crippen LogP contribution < -0.4 is 10.1 Å². The number of benzene rings is 2. The summed E-state index contributed by atoms with van der Waals surface area (Å²) < 4.78 is 18.4. The molecule has 0 saturated carbocycles. The molecule has 0 bridgehead atoms. The van der Waals surface area contributed by atoms with Crippen molar-refractivity contribution in [2.45, 2.75) is 19.8 Å². The Labute approximate surface area is 130 Å². The molecule has 0 radical (unpaired) electrons. The molecule has 0 aromatic heterocycles. The van der Waals surface area contributed by atoms with Gasteiger partial charge in [0.25, 0.3) is 0 Å². The van der Waals surface area contributed by atoms with Crippen LogP contribution in [0.5, 0.6) is 5.75 Å². The third-order valence-electron chi connectivity index (χ3n) is 3.56. The Balaban J connectivity index is 1.83. The number of rotatable bonds is 6. The fraction of sp³-hybridized carbons (Fsp3) is 0.278. The molecule has 116 valence electrons. The zero-order chi connectivity index (χ0) is 15.9. The van der Waals surface area contributed by atoms with Gasteiger partial charge in [0.1, 0.15) is 0 Å². The molecule has 22 heavy (non-hydrogen) atoms. The average molecular weight is 301 g/mol. The maximum atomic E-state index is 13.6. The van der Waals surface area contributed by atoms with E-state index in [1.807, 2.05) is 12.1 Å². The summed E-state index contributed by atoms with van der Waals surface area (Å²) in [4.78, 5) is 11.9. The third-order valence-corrected chi connectivity index (χ3v) is 3.56. The highest BCUT2D eigenvalue weighted by molar-refractivity contribution is 5.78. The predicted octanol–water partition coefficient (Wildman–Crippen LogP) is 3.04. The second kappa shape index (κ2) is 7.59. The molecule has 0 unspecified atom stereocenters. The van der Waals surface area contributed by atoms with Gasteiger partial charge in [0.2, 0.25) is 5.91 Å². The minimum absolute atomic E-state index is 0.113. The number of nitrogens with one attached hydrogen (secondary N) is 1. The lowest BCUT2D eigenvalue weighted by molar-refractivity contribution is -0.120. The maximum Gasteiger partial charge on any atom is 0.224 e. The molecule has 0 aliphatic carbocycles. The molecular weight excluding hydrogens is 281 g/mol. The molecule has 1 N–H and O–H groups in total. The number of amides is 1. The number of hydrogen-bond donors (Lipinski definition) is 1. The largest absolute Gasteiger partial charge is 0.494 e. The number of methoxy groups -OCH3 is 1. The quantitative estimate of drug-likeness (QED) is 0.890. The number of aryl methyl sites for hydroxylation is 1. The molecule has 0 atom stereocenters. The van der Waals surface area contributed by atoms with Crippen molar-refractivity contribution in [3.05, 3.63) is 65.0 Å². The first kappa shape index (κ1) is 16.0. The number of ether oxygens (including phenoxy) is 1. The first-order chi connectivity index (χ1) is 10.6. The van der Waals surface area contributed by atoms with Gasteiger partial charge in [-0.05, 0) is 42.2 Å². The molecule has 0 aliphatic rings. The van der Waals surface area contributed by atoms with Crippen LogP contribution in [0.2, 0.25) is 0 Å². The molecule has 1 amide bonds. The Kier molecular flexibility index (Phi) is 5.53. The van der Waals surface area contributed by atoms with Crippen LogP contribution >= 0.6 is 0 Å². The molecule has 0 aliphatic heterocycles. The monoisotopic (exact) mass is 301 g/mol. The SMILES string of the molecule is COc1ccc(CC(=O)NCCc2ccccc2C)cc1F. The van der Waals surface area contributed by atoms with Gasteiger partial charge in [-0.3, -0.25) is 4.79 Å². The summed E-state index contributed by atoms with van der Waals surface area (Å²) in [7, 11) is 1.41. The topological polar surface area (TPSA) is 38.3 Å². The molecule has 2 rings (SSSR count). The number of carbonyl (C=O) groups is 1. The van der Waals surface area contributed by atoms with E-state index in [1.165, 1.54) is 30.4 Å². The molecule has 0 heterocycles. The molecule has 2 aromatic carbocycles.